The van der Waals surface area contributed by atoms with Crippen LogP contribution in [0.3, 0.4) is 0 Å². The van der Waals surface area contributed by atoms with Crippen LogP contribution in [0.15, 0.2) is 11.6 Å². The van der Waals surface area contributed by atoms with Gasteiger partial charge in [-0.15, -0.1) is 0 Å². The molecule has 0 saturated heterocycles. The fraction of sp³-hybridized carbons (Fsp3) is 0.818. The first-order valence-electron chi connectivity index (χ1n) is 4.67. The molecule has 1 heteroatoms. The molecule has 0 radical (unpaired) electrons. The Bertz CT molecular complexity index is 140. The number of allylic oxidation sites excluding steroid dienone is 2. The summed E-state index contributed by atoms with van der Waals surface area (Å²) in [5, 5.41) is 0.994. The molecule has 0 aromatic heterocycles. The minimum absolute atomic E-state index is 0.495. The van der Waals surface area contributed by atoms with Gasteiger partial charge in [-0.1, -0.05) is 48.4 Å². The molecule has 0 aromatic carbocycles. The Hall–Kier alpha value is 0.220. The molecule has 0 bridgehead atoms. The topological polar surface area (TPSA) is 0 Å². The van der Waals surface area contributed by atoms with E-state index in [-0.39, 0.29) is 0 Å². The lowest BCUT2D eigenvalue weighted by atomic mass is 9.89. The molecule has 0 saturated carbocycles. The number of rotatable bonds is 4. The summed E-state index contributed by atoms with van der Waals surface area (Å²) < 4.78 is 0. The Kier molecular flexibility index (Phi) is 5.90. The Labute approximate surface area is 85.6 Å². The molecule has 0 fully saturated rings. The molecule has 0 unspecified atom stereocenters. The van der Waals surface area contributed by atoms with Crippen LogP contribution in [-0.4, -0.2) is 5.33 Å². The normalized spacial score (nSPS) is 13.6. The van der Waals surface area contributed by atoms with Crippen LogP contribution in [0.2, 0.25) is 0 Å². The third kappa shape index (κ3) is 8.32. The van der Waals surface area contributed by atoms with Crippen molar-refractivity contribution in [3.05, 3.63) is 11.6 Å². The van der Waals surface area contributed by atoms with E-state index >= 15 is 0 Å². The molecule has 0 heterocycles. The van der Waals surface area contributed by atoms with E-state index in [1.54, 1.807) is 0 Å². The highest BCUT2D eigenvalue weighted by Gasteiger charge is 2.08. The van der Waals surface area contributed by atoms with Crippen molar-refractivity contribution in [3.8, 4) is 0 Å². The monoisotopic (exact) mass is 232 g/mol. The molecular formula is C11H21Br. The minimum Gasteiger partial charge on any atom is -0.0883 e. The zero-order valence-corrected chi connectivity index (χ0v) is 10.4. The van der Waals surface area contributed by atoms with E-state index in [0.29, 0.717) is 5.41 Å². The summed E-state index contributed by atoms with van der Waals surface area (Å²) >= 11 is 3.40. The van der Waals surface area contributed by atoms with E-state index in [1.165, 1.54) is 24.8 Å². The summed E-state index contributed by atoms with van der Waals surface area (Å²) in [7, 11) is 0. The first kappa shape index (κ1) is 12.2. The van der Waals surface area contributed by atoms with Crippen LogP contribution in [0.1, 0.15) is 47.0 Å². The highest BCUT2D eigenvalue weighted by atomic mass is 79.9. The molecule has 0 atom stereocenters. The van der Waals surface area contributed by atoms with Crippen molar-refractivity contribution in [3.63, 3.8) is 0 Å². The van der Waals surface area contributed by atoms with Gasteiger partial charge in [-0.25, -0.2) is 0 Å². The van der Waals surface area contributed by atoms with Gasteiger partial charge in [0.15, 0.2) is 0 Å². The Balaban J connectivity index is 3.50. The number of alkyl halides is 1. The van der Waals surface area contributed by atoms with Gasteiger partial charge in [-0.3, -0.25) is 0 Å². The lowest BCUT2D eigenvalue weighted by molar-refractivity contribution is 0.365. The van der Waals surface area contributed by atoms with Crippen molar-refractivity contribution in [1.82, 2.24) is 0 Å². The maximum absolute atomic E-state index is 3.40. The predicted octanol–water partition coefficient (Wildman–Crippen LogP) is 4.54. The molecule has 72 valence electrons. The number of hydrogen-bond donors (Lipinski definition) is 0. The van der Waals surface area contributed by atoms with Gasteiger partial charge in [-0.2, -0.15) is 0 Å². The highest BCUT2D eigenvalue weighted by molar-refractivity contribution is 9.09. The highest BCUT2D eigenvalue weighted by Crippen LogP contribution is 2.22. The maximum atomic E-state index is 3.40. The van der Waals surface area contributed by atoms with Gasteiger partial charge in [0.1, 0.15) is 0 Å². The average molecular weight is 233 g/mol. The van der Waals surface area contributed by atoms with Crippen molar-refractivity contribution < 1.29 is 0 Å². The summed E-state index contributed by atoms with van der Waals surface area (Å²) in [4.78, 5) is 0. The zero-order valence-electron chi connectivity index (χ0n) is 8.78. The van der Waals surface area contributed by atoms with Crippen LogP contribution in [0, 0.1) is 5.41 Å². The van der Waals surface area contributed by atoms with E-state index in [2.05, 4.69) is 49.7 Å². The van der Waals surface area contributed by atoms with Crippen molar-refractivity contribution in [2.75, 3.05) is 5.33 Å². The van der Waals surface area contributed by atoms with E-state index in [1.807, 2.05) is 0 Å². The van der Waals surface area contributed by atoms with Crippen LogP contribution >= 0.6 is 15.9 Å². The molecule has 0 N–H and O–H groups in total. The second-order valence-corrected chi connectivity index (χ2v) is 5.27. The summed E-state index contributed by atoms with van der Waals surface area (Å²) in [6.45, 7) is 9.12. The number of halogens is 1. The smallest absolute Gasteiger partial charge is 0.0214 e. The standard InChI is InChI=1S/C11H21Br/c1-10(7-9-12)6-5-8-11(2,3)4/h7H,5-6,8-9H2,1-4H3/b10-7+. The molecular weight excluding hydrogens is 212 g/mol. The number of hydrogen-bond acceptors (Lipinski definition) is 0. The summed E-state index contributed by atoms with van der Waals surface area (Å²) in [5.41, 5.74) is 2.01. The SMILES string of the molecule is C/C(=C\CBr)CCCC(C)(C)C. The van der Waals surface area contributed by atoms with E-state index in [0.717, 1.165) is 5.33 Å². The van der Waals surface area contributed by atoms with Crippen molar-refractivity contribution in [1.29, 1.82) is 0 Å². The van der Waals surface area contributed by atoms with Gasteiger partial charge in [0.2, 0.25) is 0 Å². The summed E-state index contributed by atoms with van der Waals surface area (Å²) in [5.74, 6) is 0. The molecule has 0 aliphatic heterocycles. The van der Waals surface area contributed by atoms with Gasteiger partial charge in [0.25, 0.3) is 0 Å². The first-order chi connectivity index (χ1) is 5.45. The summed E-state index contributed by atoms with van der Waals surface area (Å²) in [6.07, 6.45) is 6.14. The molecule has 0 aliphatic rings. The molecule has 0 spiro atoms. The van der Waals surface area contributed by atoms with Gasteiger partial charge in [-0.05, 0) is 31.6 Å². The zero-order chi connectivity index (χ0) is 9.61. The fourth-order valence-electron chi connectivity index (χ4n) is 1.13. The Morgan fingerprint density at radius 2 is 1.92 bits per heavy atom. The lowest BCUT2D eigenvalue weighted by Gasteiger charge is -2.17. The third-order valence-corrected chi connectivity index (χ3v) is 2.25. The van der Waals surface area contributed by atoms with Crippen LogP contribution in [0.25, 0.3) is 0 Å². The second-order valence-electron chi connectivity index (χ2n) is 4.62. The van der Waals surface area contributed by atoms with Crippen LogP contribution < -0.4 is 0 Å². The molecule has 0 nitrogen and oxygen atoms in total. The first-order valence-corrected chi connectivity index (χ1v) is 5.79. The second kappa shape index (κ2) is 5.80. The van der Waals surface area contributed by atoms with Gasteiger partial charge < -0.3 is 0 Å². The quantitative estimate of drug-likeness (QED) is 0.493. The van der Waals surface area contributed by atoms with Crippen molar-refractivity contribution in [2.45, 2.75) is 47.0 Å². The van der Waals surface area contributed by atoms with Gasteiger partial charge in [0, 0.05) is 5.33 Å². The maximum Gasteiger partial charge on any atom is 0.0214 e. The van der Waals surface area contributed by atoms with Crippen LogP contribution in [0.4, 0.5) is 0 Å². The van der Waals surface area contributed by atoms with E-state index in [4.69, 9.17) is 0 Å². The minimum atomic E-state index is 0.495. The Morgan fingerprint density at radius 1 is 1.33 bits per heavy atom. The fourth-order valence-corrected chi connectivity index (χ4v) is 1.68. The van der Waals surface area contributed by atoms with Gasteiger partial charge in [0.05, 0.1) is 0 Å². The molecule has 12 heavy (non-hydrogen) atoms. The van der Waals surface area contributed by atoms with Crippen LogP contribution in [0.5, 0.6) is 0 Å². The van der Waals surface area contributed by atoms with Crippen LogP contribution in [-0.2, 0) is 0 Å². The Morgan fingerprint density at radius 3 is 2.33 bits per heavy atom. The average Bonchev–Trinajstić information content (AvgIpc) is 1.84. The van der Waals surface area contributed by atoms with Gasteiger partial charge >= 0.3 is 0 Å². The molecule has 0 amide bonds. The lowest BCUT2D eigenvalue weighted by Crippen LogP contribution is -2.04. The molecule has 0 aliphatic carbocycles. The van der Waals surface area contributed by atoms with Crippen molar-refractivity contribution in [2.24, 2.45) is 5.41 Å². The largest absolute Gasteiger partial charge is 0.0883 e. The van der Waals surface area contributed by atoms with Crippen molar-refractivity contribution >= 4 is 15.9 Å². The molecule has 0 aromatic rings. The third-order valence-electron chi connectivity index (χ3n) is 1.92. The summed E-state index contributed by atoms with van der Waals surface area (Å²) in [6, 6.07) is 0. The predicted molar refractivity (Wildman–Crippen MR) is 60.9 cm³/mol. The van der Waals surface area contributed by atoms with E-state index in [9.17, 15) is 0 Å². The molecule has 0 rings (SSSR count). The van der Waals surface area contributed by atoms with E-state index < -0.39 is 0 Å².